The molecule has 0 radical (unpaired) electrons. The van der Waals surface area contributed by atoms with Crippen molar-refractivity contribution in [3.63, 3.8) is 0 Å². The number of allylic oxidation sites excluding steroid dienone is 10. The molecule has 0 amide bonds. The summed E-state index contributed by atoms with van der Waals surface area (Å²) < 4.78 is 23.0. The number of carboxylic acid groups (broad SMARTS) is 1. The molecule has 0 saturated heterocycles. The fourth-order valence-corrected chi connectivity index (χ4v) is 10.4. The fourth-order valence-electron chi connectivity index (χ4n) is 10.4. The molecule has 2 atom stereocenters. The number of carbonyl (C=O) groups excluding carboxylic acids is 2. The van der Waals surface area contributed by atoms with E-state index in [0.29, 0.717) is 17.4 Å². The van der Waals surface area contributed by atoms with E-state index in [1.165, 1.54) is 244 Å². The Morgan fingerprint density at radius 3 is 1.04 bits per heavy atom. The first-order valence-corrected chi connectivity index (χ1v) is 35.5. The molecular weight excluding hydrogens is 1030 g/mol. The van der Waals surface area contributed by atoms with E-state index in [2.05, 4.69) is 74.6 Å². The van der Waals surface area contributed by atoms with Gasteiger partial charge in [-0.2, -0.15) is 0 Å². The third-order valence-corrected chi connectivity index (χ3v) is 15.8. The summed E-state index contributed by atoms with van der Waals surface area (Å²) in [6.45, 7) is 4.82. The molecule has 0 saturated carbocycles. The van der Waals surface area contributed by atoms with E-state index in [1.54, 1.807) is 0 Å². The van der Waals surface area contributed by atoms with Crippen LogP contribution in [0.15, 0.2) is 60.8 Å². The van der Waals surface area contributed by atoms with Crippen molar-refractivity contribution in [1.82, 2.24) is 0 Å². The predicted molar refractivity (Wildman–Crippen MR) is 355 cm³/mol. The van der Waals surface area contributed by atoms with Crippen LogP contribution in [-0.4, -0.2) is 87.4 Å². The Hall–Kier alpha value is -3.01. The van der Waals surface area contributed by atoms with Gasteiger partial charge in [0.15, 0.2) is 6.10 Å². The molecule has 0 fully saturated rings. The molecule has 1 N–H and O–H groups in total. The normalized spacial score (nSPS) is 13.0. The van der Waals surface area contributed by atoms with Crippen LogP contribution in [0.1, 0.15) is 335 Å². The van der Waals surface area contributed by atoms with Crippen LogP contribution in [-0.2, 0) is 33.3 Å². The second-order valence-corrected chi connectivity index (χ2v) is 25.2. The number of nitrogens with zero attached hydrogens (tertiary/aromatic N) is 1. The predicted octanol–water partition coefficient (Wildman–Crippen LogP) is 21.9. The molecule has 0 rings (SSSR count). The highest BCUT2D eigenvalue weighted by atomic mass is 16.7. The second kappa shape index (κ2) is 65.0. The summed E-state index contributed by atoms with van der Waals surface area (Å²) in [5.41, 5.74) is 0. The number of ether oxygens (including phenoxy) is 4. The van der Waals surface area contributed by atoms with Gasteiger partial charge < -0.3 is 28.5 Å². The van der Waals surface area contributed by atoms with Gasteiger partial charge in [0, 0.05) is 12.8 Å². The van der Waals surface area contributed by atoms with E-state index < -0.39 is 18.4 Å². The molecule has 0 aromatic carbocycles. The summed E-state index contributed by atoms with van der Waals surface area (Å²) in [5.74, 6) is -1.98. The Balaban J connectivity index is 4.06. The summed E-state index contributed by atoms with van der Waals surface area (Å²) in [7, 11) is 5.99. The lowest BCUT2D eigenvalue weighted by atomic mass is 10.0. The van der Waals surface area contributed by atoms with Crippen LogP contribution in [0.3, 0.4) is 0 Å². The van der Waals surface area contributed by atoms with Gasteiger partial charge in [-0.25, -0.2) is 4.79 Å². The quantitative estimate of drug-likeness (QED) is 0.0211. The maximum Gasteiger partial charge on any atom is 0.361 e. The van der Waals surface area contributed by atoms with Gasteiger partial charge >= 0.3 is 17.9 Å². The van der Waals surface area contributed by atoms with Crippen LogP contribution in [0.4, 0.5) is 0 Å². The first-order chi connectivity index (χ1) is 40.6. The minimum Gasteiger partial charge on any atom is -0.477 e. The van der Waals surface area contributed by atoms with Gasteiger partial charge in [0.2, 0.25) is 0 Å². The molecular formula is C74H136NO8+. The van der Waals surface area contributed by atoms with Crippen LogP contribution in [0.5, 0.6) is 0 Å². The Morgan fingerprint density at radius 1 is 0.373 bits per heavy atom. The first-order valence-electron chi connectivity index (χ1n) is 35.5. The number of aliphatic carboxylic acids is 1. The number of hydrogen-bond acceptors (Lipinski definition) is 7. The molecule has 2 unspecified atom stereocenters. The van der Waals surface area contributed by atoms with Crippen molar-refractivity contribution in [2.45, 2.75) is 347 Å². The molecule has 0 aliphatic heterocycles. The Labute approximate surface area is 514 Å². The molecule has 0 aliphatic carbocycles. The van der Waals surface area contributed by atoms with E-state index in [1.807, 2.05) is 21.1 Å². The van der Waals surface area contributed by atoms with Crippen molar-refractivity contribution in [3.8, 4) is 0 Å². The zero-order valence-electron chi connectivity index (χ0n) is 55.4. The number of quaternary nitrogens is 1. The van der Waals surface area contributed by atoms with Crippen molar-refractivity contribution in [2.24, 2.45) is 0 Å². The number of carboxylic acids is 1. The number of esters is 2. The third kappa shape index (κ3) is 66.4. The van der Waals surface area contributed by atoms with Crippen LogP contribution < -0.4 is 0 Å². The van der Waals surface area contributed by atoms with Crippen molar-refractivity contribution < 1.29 is 42.9 Å². The van der Waals surface area contributed by atoms with Crippen molar-refractivity contribution >= 4 is 17.9 Å². The molecule has 9 nitrogen and oxygen atoms in total. The monoisotopic (exact) mass is 1170 g/mol. The number of carbonyl (C=O) groups is 3. The lowest BCUT2D eigenvalue weighted by Crippen LogP contribution is -2.40. The first kappa shape index (κ1) is 80.0. The number of hydrogen-bond donors (Lipinski definition) is 1. The van der Waals surface area contributed by atoms with Crippen molar-refractivity contribution in [1.29, 1.82) is 0 Å². The highest BCUT2D eigenvalue weighted by Crippen LogP contribution is 2.18. The molecule has 0 heterocycles. The highest BCUT2D eigenvalue weighted by molar-refractivity contribution is 5.71. The average Bonchev–Trinajstić information content (AvgIpc) is 3.46. The lowest BCUT2D eigenvalue weighted by molar-refractivity contribution is -0.870. The Kier molecular flexibility index (Phi) is 62.6. The van der Waals surface area contributed by atoms with Gasteiger partial charge in [-0.05, 0) is 77.0 Å². The van der Waals surface area contributed by atoms with Gasteiger partial charge in [0.1, 0.15) is 13.2 Å². The maximum absolute atomic E-state index is 12.9. The molecule has 484 valence electrons. The number of rotatable bonds is 66. The van der Waals surface area contributed by atoms with Crippen LogP contribution in [0.25, 0.3) is 0 Å². The summed E-state index contributed by atoms with van der Waals surface area (Å²) in [6, 6.07) is 0. The summed E-state index contributed by atoms with van der Waals surface area (Å²) in [4.78, 5) is 37.6. The van der Waals surface area contributed by atoms with Gasteiger partial charge in [0.25, 0.3) is 6.29 Å². The summed E-state index contributed by atoms with van der Waals surface area (Å²) in [6.07, 6.45) is 82.0. The van der Waals surface area contributed by atoms with E-state index in [4.69, 9.17) is 18.9 Å². The second-order valence-electron chi connectivity index (χ2n) is 25.2. The maximum atomic E-state index is 12.9. The van der Waals surface area contributed by atoms with Crippen LogP contribution in [0.2, 0.25) is 0 Å². The highest BCUT2D eigenvalue weighted by Gasteiger charge is 2.25. The molecule has 0 bridgehead atoms. The number of likely N-dealkylation sites (N-methyl/N-ethyl adjacent to an activating group) is 1. The Bertz CT molecular complexity index is 1550. The smallest absolute Gasteiger partial charge is 0.361 e. The average molecular weight is 1170 g/mol. The van der Waals surface area contributed by atoms with E-state index >= 15 is 0 Å². The summed E-state index contributed by atoms with van der Waals surface area (Å²) >= 11 is 0. The minimum atomic E-state index is -1.51. The molecule has 0 aromatic rings. The van der Waals surface area contributed by atoms with Crippen LogP contribution >= 0.6 is 0 Å². The molecule has 0 aliphatic rings. The van der Waals surface area contributed by atoms with Crippen LogP contribution in [0, 0.1) is 0 Å². The van der Waals surface area contributed by atoms with Gasteiger partial charge in [-0.15, -0.1) is 0 Å². The van der Waals surface area contributed by atoms with Crippen molar-refractivity contribution in [2.75, 3.05) is 47.5 Å². The van der Waals surface area contributed by atoms with E-state index in [0.717, 1.165) is 64.2 Å². The topological polar surface area (TPSA) is 108 Å². The lowest BCUT2D eigenvalue weighted by Gasteiger charge is -2.25. The summed E-state index contributed by atoms with van der Waals surface area (Å²) in [5, 5.41) is 9.75. The van der Waals surface area contributed by atoms with E-state index in [-0.39, 0.29) is 38.2 Å². The fraction of sp³-hybridized carbons (Fsp3) is 0.824. The third-order valence-electron chi connectivity index (χ3n) is 15.8. The van der Waals surface area contributed by atoms with E-state index in [9.17, 15) is 19.5 Å². The molecule has 0 spiro atoms. The standard InChI is InChI=1S/C74H135NO8/c1-6-8-10-12-14-16-18-20-22-24-26-28-30-32-33-34-35-36-37-38-39-41-43-45-47-49-51-53-55-57-59-61-63-65-72(77)83-70(69-82-74(73(78)79)80-67-66-75(3,4)5)68-81-71(76)64-62-60-58-56-54-52-50-48-46-44-42-40-31-29-27-25-23-21-19-17-15-13-11-9-7-2/h8,10,14,16,20,22,25-28,70,74H,6-7,9,11-13,15,17-19,21,23-24,29-69H2,1-5H3/p+1/b10-8-,16-14-,22-20-,27-25-,28-26-. The molecule has 9 heteroatoms. The Morgan fingerprint density at radius 2 is 0.687 bits per heavy atom. The van der Waals surface area contributed by atoms with Gasteiger partial charge in [-0.3, -0.25) is 9.59 Å². The van der Waals surface area contributed by atoms with Gasteiger partial charge in [-0.1, -0.05) is 306 Å². The molecule has 83 heavy (non-hydrogen) atoms. The number of unbranched alkanes of at least 4 members (excludes halogenated alkanes) is 41. The largest absolute Gasteiger partial charge is 0.477 e. The zero-order chi connectivity index (χ0) is 60.5. The van der Waals surface area contributed by atoms with Gasteiger partial charge in [0.05, 0.1) is 34.4 Å². The zero-order valence-corrected chi connectivity index (χ0v) is 55.4. The minimum absolute atomic E-state index is 0.178. The molecule has 0 aromatic heterocycles. The SMILES string of the molecule is CC/C=C\C/C=C\C/C=C\C/C=C\CCCCCCCCCCCCCCCCCCCCCCC(=O)OC(COC(=O)CCCCCCCCCCCCCCC/C=C\CCCCCCCCCC)COC(OCC[N+](C)(C)C)C(=O)O. The van der Waals surface area contributed by atoms with Crippen molar-refractivity contribution in [3.05, 3.63) is 60.8 Å².